The van der Waals surface area contributed by atoms with E-state index in [2.05, 4.69) is 19.2 Å². The molecule has 0 saturated heterocycles. The van der Waals surface area contributed by atoms with Crippen LogP contribution in [-0.4, -0.2) is 18.6 Å². The van der Waals surface area contributed by atoms with Crippen molar-refractivity contribution in [2.45, 2.75) is 59.0 Å². The molecule has 22 heavy (non-hydrogen) atoms. The fraction of sp³-hybridized carbons (Fsp3) is 0.611. The Morgan fingerprint density at radius 1 is 1.23 bits per heavy atom. The fourth-order valence-corrected chi connectivity index (χ4v) is 2.50. The molecule has 2 atom stereocenters. The van der Waals surface area contributed by atoms with E-state index < -0.39 is 6.10 Å². The summed E-state index contributed by atoms with van der Waals surface area (Å²) in [6.45, 7) is 7.02. The van der Waals surface area contributed by atoms with E-state index in [0.717, 1.165) is 19.4 Å². The third kappa shape index (κ3) is 6.27. The predicted octanol–water partition coefficient (Wildman–Crippen LogP) is 4.83. The molecule has 0 aliphatic carbocycles. The van der Waals surface area contributed by atoms with E-state index in [1.807, 2.05) is 19.1 Å². The van der Waals surface area contributed by atoms with Gasteiger partial charge in [0.25, 0.3) is 5.91 Å². The number of rotatable bonds is 10. The average Bonchev–Trinajstić information content (AvgIpc) is 2.54. The summed E-state index contributed by atoms with van der Waals surface area (Å²) in [5.74, 6) is 1.04. The van der Waals surface area contributed by atoms with Crippen LogP contribution in [0.5, 0.6) is 5.75 Å². The van der Waals surface area contributed by atoms with Crippen molar-refractivity contribution in [2.75, 3.05) is 6.54 Å². The molecule has 1 amide bonds. The van der Waals surface area contributed by atoms with Crippen molar-refractivity contribution in [2.24, 2.45) is 5.92 Å². The summed E-state index contributed by atoms with van der Waals surface area (Å²) in [4.78, 5) is 12.3. The predicted molar refractivity (Wildman–Crippen MR) is 92.5 cm³/mol. The Balaban J connectivity index is 2.52. The lowest BCUT2D eigenvalue weighted by molar-refractivity contribution is -0.128. The number of carbonyl (C=O) groups excluding carboxylic acids is 1. The molecular weight excluding hydrogens is 298 g/mol. The monoisotopic (exact) mass is 325 g/mol. The summed E-state index contributed by atoms with van der Waals surface area (Å²) in [7, 11) is 0. The molecule has 0 spiro atoms. The van der Waals surface area contributed by atoms with Crippen LogP contribution in [0.25, 0.3) is 0 Å². The van der Waals surface area contributed by atoms with Gasteiger partial charge in [0.2, 0.25) is 0 Å². The summed E-state index contributed by atoms with van der Waals surface area (Å²) >= 11 is 6.08. The zero-order valence-corrected chi connectivity index (χ0v) is 14.7. The molecule has 0 fully saturated rings. The molecule has 0 heterocycles. The van der Waals surface area contributed by atoms with Gasteiger partial charge in [0.1, 0.15) is 5.75 Å². The molecule has 4 heteroatoms. The van der Waals surface area contributed by atoms with E-state index in [9.17, 15) is 4.79 Å². The van der Waals surface area contributed by atoms with Crippen LogP contribution in [0, 0.1) is 5.92 Å². The Labute approximate surface area is 139 Å². The second kappa shape index (κ2) is 10.5. The van der Waals surface area contributed by atoms with Gasteiger partial charge in [-0.25, -0.2) is 0 Å². The Morgan fingerprint density at radius 2 is 1.95 bits per heavy atom. The van der Waals surface area contributed by atoms with Crippen molar-refractivity contribution in [1.82, 2.24) is 5.32 Å². The van der Waals surface area contributed by atoms with Crippen LogP contribution in [0.1, 0.15) is 52.9 Å². The molecule has 1 rings (SSSR count). The molecular formula is C18H28ClNO2. The van der Waals surface area contributed by atoms with Crippen LogP contribution in [-0.2, 0) is 4.79 Å². The molecule has 0 bridgehead atoms. The van der Waals surface area contributed by atoms with Crippen molar-refractivity contribution >= 4 is 17.5 Å². The molecule has 0 aliphatic heterocycles. The van der Waals surface area contributed by atoms with Crippen LogP contribution in [0.3, 0.4) is 0 Å². The van der Waals surface area contributed by atoms with Gasteiger partial charge in [0, 0.05) is 6.54 Å². The van der Waals surface area contributed by atoms with Gasteiger partial charge in [-0.1, -0.05) is 63.8 Å². The smallest absolute Gasteiger partial charge is 0.261 e. The normalized spacial score (nSPS) is 13.5. The summed E-state index contributed by atoms with van der Waals surface area (Å²) in [5, 5.41) is 3.56. The molecule has 1 N–H and O–H groups in total. The third-order valence-corrected chi connectivity index (χ3v) is 4.19. The molecule has 0 saturated carbocycles. The van der Waals surface area contributed by atoms with Gasteiger partial charge in [-0.05, 0) is 30.9 Å². The first-order valence-electron chi connectivity index (χ1n) is 8.31. The first-order valence-corrected chi connectivity index (χ1v) is 8.68. The van der Waals surface area contributed by atoms with E-state index in [0.29, 0.717) is 23.1 Å². The van der Waals surface area contributed by atoms with Gasteiger partial charge in [-0.2, -0.15) is 0 Å². The highest BCUT2D eigenvalue weighted by Gasteiger charge is 2.20. The quantitative estimate of drug-likeness (QED) is 0.669. The molecule has 0 unspecified atom stereocenters. The van der Waals surface area contributed by atoms with E-state index in [1.54, 1.807) is 12.1 Å². The molecule has 0 aliphatic rings. The highest BCUT2D eigenvalue weighted by Crippen LogP contribution is 2.24. The zero-order chi connectivity index (χ0) is 16.4. The number of nitrogens with one attached hydrogen (secondary N) is 1. The van der Waals surface area contributed by atoms with Crippen molar-refractivity contribution in [3.05, 3.63) is 29.3 Å². The maximum atomic E-state index is 12.3. The second-order valence-electron chi connectivity index (χ2n) is 5.61. The number of benzene rings is 1. The number of amides is 1. The first-order chi connectivity index (χ1) is 10.6. The zero-order valence-electron chi connectivity index (χ0n) is 13.9. The second-order valence-corrected chi connectivity index (χ2v) is 6.01. The molecule has 124 valence electrons. The highest BCUT2D eigenvalue weighted by molar-refractivity contribution is 6.32. The number of carbonyl (C=O) groups is 1. The van der Waals surface area contributed by atoms with Crippen molar-refractivity contribution < 1.29 is 9.53 Å². The lowest BCUT2D eigenvalue weighted by Gasteiger charge is -2.20. The number of para-hydroxylation sites is 1. The minimum Gasteiger partial charge on any atom is -0.479 e. The van der Waals surface area contributed by atoms with Crippen LogP contribution in [0.2, 0.25) is 5.02 Å². The topological polar surface area (TPSA) is 38.3 Å². The van der Waals surface area contributed by atoms with Crippen molar-refractivity contribution in [1.29, 1.82) is 0 Å². The Bertz CT molecular complexity index is 450. The maximum absolute atomic E-state index is 12.3. The first kappa shape index (κ1) is 18.8. The molecule has 1 aromatic rings. The SMILES string of the molecule is CCCC[C@@H](CC)CNC(=O)[C@H](CC)Oc1ccccc1Cl. The molecule has 1 aromatic carbocycles. The minimum atomic E-state index is -0.497. The average molecular weight is 326 g/mol. The van der Waals surface area contributed by atoms with Crippen LogP contribution in [0.4, 0.5) is 0 Å². The van der Waals surface area contributed by atoms with Crippen molar-refractivity contribution in [3.8, 4) is 5.75 Å². The summed E-state index contributed by atoms with van der Waals surface area (Å²) < 4.78 is 5.76. The number of hydrogen-bond donors (Lipinski definition) is 1. The third-order valence-electron chi connectivity index (χ3n) is 3.88. The lowest BCUT2D eigenvalue weighted by Crippen LogP contribution is -2.40. The van der Waals surface area contributed by atoms with E-state index in [-0.39, 0.29) is 5.91 Å². The summed E-state index contributed by atoms with van der Waals surface area (Å²) in [6.07, 6.45) is 4.77. The van der Waals surface area contributed by atoms with Crippen LogP contribution >= 0.6 is 11.6 Å². The highest BCUT2D eigenvalue weighted by atomic mass is 35.5. The molecule has 0 aromatic heterocycles. The van der Waals surface area contributed by atoms with Gasteiger partial charge in [0.15, 0.2) is 6.10 Å². The largest absolute Gasteiger partial charge is 0.479 e. The van der Waals surface area contributed by atoms with Crippen LogP contribution in [0.15, 0.2) is 24.3 Å². The minimum absolute atomic E-state index is 0.0580. The lowest BCUT2D eigenvalue weighted by atomic mass is 9.99. The Kier molecular flexibility index (Phi) is 8.98. The Hall–Kier alpha value is -1.22. The number of halogens is 1. The van der Waals surface area contributed by atoms with Gasteiger partial charge in [0.05, 0.1) is 5.02 Å². The standard InChI is InChI=1S/C18H28ClNO2/c1-4-7-10-14(5-2)13-20-18(21)16(6-3)22-17-12-9-8-11-15(17)19/h8-9,11-12,14,16H,4-7,10,13H2,1-3H3,(H,20,21)/t14-,16+/m1/s1. The van der Waals surface area contributed by atoms with Crippen molar-refractivity contribution in [3.63, 3.8) is 0 Å². The maximum Gasteiger partial charge on any atom is 0.261 e. The molecule has 0 radical (unpaired) electrons. The van der Waals surface area contributed by atoms with E-state index in [4.69, 9.17) is 16.3 Å². The summed E-state index contributed by atoms with van der Waals surface area (Å²) in [5.41, 5.74) is 0. The number of hydrogen-bond acceptors (Lipinski definition) is 2. The summed E-state index contributed by atoms with van der Waals surface area (Å²) in [6, 6.07) is 7.24. The Morgan fingerprint density at radius 3 is 2.55 bits per heavy atom. The van der Waals surface area contributed by atoms with Gasteiger partial charge < -0.3 is 10.1 Å². The van der Waals surface area contributed by atoms with Gasteiger partial charge in [-0.3, -0.25) is 4.79 Å². The van der Waals surface area contributed by atoms with E-state index >= 15 is 0 Å². The van der Waals surface area contributed by atoms with Gasteiger partial charge >= 0.3 is 0 Å². The number of unbranched alkanes of at least 4 members (excludes halogenated alkanes) is 1. The molecule has 3 nitrogen and oxygen atoms in total. The van der Waals surface area contributed by atoms with Gasteiger partial charge in [-0.15, -0.1) is 0 Å². The fourth-order valence-electron chi connectivity index (χ4n) is 2.32. The van der Waals surface area contributed by atoms with Crippen LogP contribution < -0.4 is 10.1 Å². The number of ether oxygens (including phenoxy) is 1. The van der Waals surface area contributed by atoms with E-state index in [1.165, 1.54) is 12.8 Å².